The molecular formula is C21H27N2O6V-5. The third-order valence-corrected chi connectivity index (χ3v) is 3.05. The number of rotatable bonds is 6. The minimum atomic E-state index is -0.324. The number of hydrogen-bond donors (Lipinski definition) is 0. The zero-order chi connectivity index (χ0) is 21.2. The van der Waals surface area contributed by atoms with Crippen molar-refractivity contribution in [3.8, 4) is 11.5 Å². The molecule has 0 heterocycles. The van der Waals surface area contributed by atoms with E-state index in [9.17, 15) is 10.2 Å². The van der Waals surface area contributed by atoms with Crippen molar-refractivity contribution >= 4 is 12.1 Å². The molecule has 0 saturated heterocycles. The molecule has 0 bridgehead atoms. The molecule has 1 N–H and O–H groups in total. The summed E-state index contributed by atoms with van der Waals surface area (Å²) in [7, 11) is 1.51. The van der Waals surface area contributed by atoms with E-state index in [1.807, 2.05) is 30.3 Å². The van der Waals surface area contributed by atoms with Gasteiger partial charge < -0.3 is 30.6 Å². The summed E-state index contributed by atoms with van der Waals surface area (Å²) in [6.07, 6.45) is 2.17. The molecule has 0 aromatic heterocycles. The summed E-state index contributed by atoms with van der Waals surface area (Å²) in [6.45, 7) is 3.14. The van der Waals surface area contributed by atoms with E-state index in [1.54, 1.807) is 26.0 Å². The Morgan fingerprint density at radius 1 is 1.03 bits per heavy atom. The summed E-state index contributed by atoms with van der Waals surface area (Å²) in [4.78, 5) is 0. The minimum absolute atomic E-state index is 0. The smallest absolute Gasteiger partial charge is 0.119 e. The van der Waals surface area contributed by atoms with Gasteiger partial charge in [-0.05, 0) is 42.0 Å². The molecule has 8 nitrogen and oxygen atoms in total. The van der Waals surface area contributed by atoms with Crippen LogP contribution in [0.1, 0.15) is 31.4 Å². The molecule has 0 unspecified atom stereocenters. The van der Waals surface area contributed by atoms with Crippen LogP contribution in [0.25, 0.3) is 0 Å². The van der Waals surface area contributed by atoms with Crippen LogP contribution in [-0.4, -0.2) is 37.9 Å². The fourth-order valence-electron chi connectivity index (χ4n) is 1.86. The monoisotopic (exact) mass is 454 g/mol. The van der Waals surface area contributed by atoms with E-state index in [2.05, 4.69) is 10.2 Å². The van der Waals surface area contributed by atoms with Gasteiger partial charge in [0.1, 0.15) is 5.75 Å². The normalized spacial score (nSPS) is 9.83. The van der Waals surface area contributed by atoms with E-state index in [-0.39, 0.29) is 55.3 Å². The van der Waals surface area contributed by atoms with Crippen LogP contribution in [0.5, 0.6) is 11.5 Å². The van der Waals surface area contributed by atoms with Gasteiger partial charge in [-0.2, -0.15) is 10.2 Å². The number of ether oxygens (including phenoxy) is 1. The summed E-state index contributed by atoms with van der Waals surface area (Å²) in [5, 5.41) is 48.4. The van der Waals surface area contributed by atoms with Crippen molar-refractivity contribution < 1.29 is 49.2 Å². The van der Waals surface area contributed by atoms with Gasteiger partial charge >= 0.3 is 0 Å². The quantitative estimate of drug-likeness (QED) is 0.341. The SMILES string of the molecule is CC[O-].CC[O-].COc1ccc([O-])c(/C=N/N=C(\[O-])CCc2ccccc2)c1.[OH-].[V]. The molecule has 2 aromatic rings. The molecule has 0 aliphatic carbocycles. The van der Waals surface area contributed by atoms with E-state index in [0.717, 1.165) is 5.56 Å². The maximum absolute atomic E-state index is 11.6. The summed E-state index contributed by atoms with van der Waals surface area (Å²) in [5.74, 6) is 0.0309. The summed E-state index contributed by atoms with van der Waals surface area (Å²) < 4.78 is 5.03. The van der Waals surface area contributed by atoms with Crippen LogP contribution in [-0.2, 0) is 25.0 Å². The van der Waals surface area contributed by atoms with Gasteiger partial charge in [-0.3, -0.25) is 0 Å². The molecular weight excluding hydrogens is 427 g/mol. The second-order valence-electron chi connectivity index (χ2n) is 5.21. The molecule has 30 heavy (non-hydrogen) atoms. The Labute approximate surface area is 189 Å². The van der Waals surface area contributed by atoms with Crippen LogP contribution in [0.15, 0.2) is 58.7 Å². The number of aryl methyl sites for hydroxylation is 1. The standard InChI is InChI=1S/C17H18N2O3.2C2H5O.H2O.V/c1-22-15-8-9-16(20)14(11-15)12-18-19-17(21)10-7-13-5-3-2-4-6-13;2*1-2-3;;/h2-6,8-9,11-12,20H,7,10H2,1H3,(H,19,21);2*2H2,1H3;1H2;/q;2*-1;;/p-3/b18-12+;;;;. The fraction of sp³-hybridized carbons (Fsp3) is 0.333. The topological polar surface area (TPSA) is 156 Å². The predicted octanol–water partition coefficient (Wildman–Crippen LogP) is 0.0482. The van der Waals surface area contributed by atoms with Crippen LogP contribution in [0.3, 0.4) is 0 Å². The molecule has 9 heteroatoms. The van der Waals surface area contributed by atoms with Gasteiger partial charge in [-0.25, -0.2) is 0 Å². The van der Waals surface area contributed by atoms with Gasteiger partial charge in [0.2, 0.25) is 0 Å². The average Bonchev–Trinajstić information content (AvgIpc) is 2.70. The predicted molar refractivity (Wildman–Crippen MR) is 105 cm³/mol. The Kier molecular flexibility index (Phi) is 23.0. The Morgan fingerprint density at radius 3 is 2.13 bits per heavy atom. The van der Waals surface area contributed by atoms with E-state index in [1.165, 1.54) is 19.4 Å². The molecule has 2 aromatic carbocycles. The molecule has 2 rings (SSSR count). The Hall–Kier alpha value is -2.36. The molecule has 0 saturated carbocycles. The Bertz CT molecular complexity index is 710. The molecule has 0 aliphatic rings. The van der Waals surface area contributed by atoms with Gasteiger partial charge in [-0.1, -0.05) is 56.0 Å². The van der Waals surface area contributed by atoms with Gasteiger partial charge in [0.05, 0.1) is 13.3 Å². The first-order valence-electron chi connectivity index (χ1n) is 8.84. The van der Waals surface area contributed by atoms with Gasteiger partial charge in [0.15, 0.2) is 0 Å². The zero-order valence-corrected chi connectivity index (χ0v) is 18.8. The van der Waals surface area contributed by atoms with Crippen molar-refractivity contribution in [2.45, 2.75) is 26.7 Å². The largest absolute Gasteiger partial charge is 0.872 e. The van der Waals surface area contributed by atoms with E-state index < -0.39 is 0 Å². The Balaban J connectivity index is -0.000000816. The van der Waals surface area contributed by atoms with E-state index >= 15 is 0 Å². The van der Waals surface area contributed by atoms with Crippen molar-refractivity contribution in [1.82, 2.24) is 0 Å². The summed E-state index contributed by atoms with van der Waals surface area (Å²) in [6, 6.07) is 14.2. The van der Waals surface area contributed by atoms with Crippen LogP contribution in [0.4, 0.5) is 0 Å². The van der Waals surface area contributed by atoms with Crippen LogP contribution >= 0.6 is 0 Å². The summed E-state index contributed by atoms with van der Waals surface area (Å²) in [5.41, 5.74) is 1.41. The van der Waals surface area contributed by atoms with Gasteiger partial charge in [0.25, 0.3) is 0 Å². The number of hydrogen-bond acceptors (Lipinski definition) is 8. The van der Waals surface area contributed by atoms with Crippen LogP contribution < -0.4 is 25.2 Å². The number of nitrogens with zero attached hydrogens (tertiary/aromatic N) is 2. The first kappa shape index (κ1) is 32.3. The van der Waals surface area contributed by atoms with Crippen molar-refractivity contribution in [3.63, 3.8) is 0 Å². The third kappa shape index (κ3) is 15.6. The van der Waals surface area contributed by atoms with Crippen molar-refractivity contribution in [3.05, 3.63) is 59.7 Å². The van der Waals surface area contributed by atoms with Gasteiger partial charge in [-0.15, -0.1) is 13.2 Å². The first-order valence-corrected chi connectivity index (χ1v) is 8.84. The average molecular weight is 454 g/mol. The molecule has 0 spiro atoms. The van der Waals surface area contributed by atoms with Crippen LogP contribution in [0.2, 0.25) is 0 Å². The van der Waals surface area contributed by atoms with Crippen molar-refractivity contribution in [2.24, 2.45) is 10.2 Å². The molecule has 167 valence electrons. The van der Waals surface area contributed by atoms with E-state index in [0.29, 0.717) is 17.7 Å². The molecule has 0 atom stereocenters. The fourth-order valence-corrected chi connectivity index (χ4v) is 1.86. The zero-order valence-electron chi connectivity index (χ0n) is 17.4. The maximum atomic E-state index is 11.6. The van der Waals surface area contributed by atoms with Crippen molar-refractivity contribution in [1.29, 1.82) is 0 Å². The summed E-state index contributed by atoms with van der Waals surface area (Å²) >= 11 is 0. The number of methoxy groups -OCH3 is 1. The van der Waals surface area contributed by atoms with Crippen molar-refractivity contribution in [2.75, 3.05) is 20.3 Å². The second kappa shape index (κ2) is 21.4. The third-order valence-electron chi connectivity index (χ3n) is 3.05. The minimum Gasteiger partial charge on any atom is -0.872 e. The molecule has 1 radical (unpaired) electrons. The van der Waals surface area contributed by atoms with E-state index in [4.69, 9.17) is 14.9 Å². The molecule has 0 aliphatic heterocycles. The Morgan fingerprint density at radius 2 is 1.60 bits per heavy atom. The molecule has 0 fully saturated rings. The second-order valence-corrected chi connectivity index (χ2v) is 5.21. The maximum Gasteiger partial charge on any atom is 0.119 e. The number of benzene rings is 2. The first-order chi connectivity index (χ1) is 13.5. The van der Waals surface area contributed by atoms with Crippen LogP contribution in [0, 0.1) is 0 Å². The van der Waals surface area contributed by atoms with Gasteiger partial charge in [0, 0.05) is 18.6 Å². The molecule has 0 amide bonds.